The zero-order chi connectivity index (χ0) is 30.5. The fourth-order valence-electron chi connectivity index (χ4n) is 5.11. The van der Waals surface area contributed by atoms with Crippen LogP contribution in [0.5, 0.6) is 11.5 Å². The molecule has 1 aromatic heterocycles. The molecule has 0 spiro atoms. The number of rotatable bonds is 12. The van der Waals surface area contributed by atoms with Gasteiger partial charge in [-0.25, -0.2) is 4.39 Å². The van der Waals surface area contributed by atoms with Gasteiger partial charge in [0.2, 0.25) is 11.8 Å². The maximum absolute atomic E-state index is 15.2. The molecule has 0 bridgehead atoms. The molecular weight excluding hydrogens is 579 g/mol. The standard InChI is InChI=1S/C34H33FN4O4S/c1-42-18-17-36-21-22-7-9-23(10-8-22)30-20-27-31(44-30)29(13-16-37-27)43-28-12-11-25(19-26(28)35)39-33(41)34(14-15-34)32(40)38-24-5-3-2-4-6-24/h2-13,16,19,30,36H,14-15,17-18,20-21H2,1H3,(H,38,40)(H,39,41). The molecule has 44 heavy (non-hydrogen) atoms. The molecule has 1 saturated carbocycles. The number of aromatic nitrogens is 1. The second kappa shape index (κ2) is 13.2. The molecule has 2 amide bonds. The first-order valence-electron chi connectivity index (χ1n) is 14.5. The molecule has 8 nitrogen and oxygen atoms in total. The van der Waals surface area contributed by atoms with E-state index in [0.717, 1.165) is 30.1 Å². The van der Waals surface area contributed by atoms with E-state index < -0.39 is 17.1 Å². The second-order valence-corrected chi connectivity index (χ2v) is 12.1. The zero-order valence-corrected chi connectivity index (χ0v) is 25.1. The van der Waals surface area contributed by atoms with Gasteiger partial charge in [0.25, 0.3) is 0 Å². The minimum atomic E-state index is -1.16. The zero-order valence-electron chi connectivity index (χ0n) is 24.3. The van der Waals surface area contributed by atoms with Gasteiger partial charge in [0.05, 0.1) is 17.2 Å². The van der Waals surface area contributed by atoms with Crippen LogP contribution in [0.3, 0.4) is 0 Å². The van der Waals surface area contributed by atoms with Crippen LogP contribution >= 0.6 is 11.8 Å². The third-order valence-corrected chi connectivity index (χ3v) is 9.20. The summed E-state index contributed by atoms with van der Waals surface area (Å²) in [6.07, 6.45) is 3.29. The summed E-state index contributed by atoms with van der Waals surface area (Å²) < 4.78 is 26.3. The predicted molar refractivity (Wildman–Crippen MR) is 168 cm³/mol. The Balaban J connectivity index is 1.08. The van der Waals surface area contributed by atoms with Gasteiger partial charge in [-0.2, -0.15) is 0 Å². The number of ether oxygens (including phenoxy) is 2. The molecule has 1 fully saturated rings. The lowest BCUT2D eigenvalue weighted by Crippen LogP contribution is -2.35. The average Bonchev–Trinajstić information content (AvgIpc) is 3.74. The summed E-state index contributed by atoms with van der Waals surface area (Å²) in [5.41, 5.74) is 3.02. The van der Waals surface area contributed by atoms with E-state index in [4.69, 9.17) is 9.47 Å². The number of anilines is 2. The molecule has 2 aliphatic rings. The average molecular weight is 613 g/mol. The molecule has 3 aromatic carbocycles. The number of pyridine rings is 1. The quantitative estimate of drug-likeness (QED) is 0.124. The Labute approximate surface area is 259 Å². The van der Waals surface area contributed by atoms with Crippen LogP contribution in [0.2, 0.25) is 0 Å². The largest absolute Gasteiger partial charge is 0.453 e. The number of benzene rings is 3. The molecule has 10 heteroatoms. The lowest BCUT2D eigenvalue weighted by molar-refractivity contribution is -0.131. The van der Waals surface area contributed by atoms with E-state index >= 15 is 4.39 Å². The van der Waals surface area contributed by atoms with E-state index in [1.54, 1.807) is 49.3 Å². The van der Waals surface area contributed by atoms with Gasteiger partial charge in [0.15, 0.2) is 11.6 Å². The SMILES string of the molecule is COCCNCc1ccc(C2Cc3nccc(Oc4ccc(NC(=O)C5(C(=O)Nc6ccccc6)CC5)cc4F)c3S2)cc1. The number of fused-ring (bicyclic) bond motifs is 1. The lowest BCUT2D eigenvalue weighted by atomic mass is 10.0. The van der Waals surface area contributed by atoms with E-state index in [1.165, 1.54) is 23.3 Å². The van der Waals surface area contributed by atoms with Gasteiger partial charge in [-0.3, -0.25) is 14.6 Å². The molecule has 1 atom stereocenters. The molecule has 0 saturated heterocycles. The highest BCUT2D eigenvalue weighted by Crippen LogP contribution is 2.51. The third-order valence-electron chi connectivity index (χ3n) is 7.81. The number of hydrogen-bond acceptors (Lipinski definition) is 7. The number of carbonyl (C=O) groups is 2. The molecule has 1 aliphatic heterocycles. The molecule has 226 valence electrons. The number of hydrogen-bond donors (Lipinski definition) is 3. The first-order chi connectivity index (χ1) is 21.4. The fraction of sp³-hybridized carbons (Fsp3) is 0.265. The first kappa shape index (κ1) is 29.8. The Morgan fingerprint density at radius 2 is 1.70 bits per heavy atom. The minimum Gasteiger partial charge on any atom is -0.453 e. The van der Waals surface area contributed by atoms with Crippen molar-refractivity contribution in [3.63, 3.8) is 0 Å². The van der Waals surface area contributed by atoms with Gasteiger partial charge in [-0.1, -0.05) is 42.5 Å². The normalized spacial score (nSPS) is 16.2. The van der Waals surface area contributed by atoms with E-state index in [0.29, 0.717) is 30.9 Å². The van der Waals surface area contributed by atoms with Crippen molar-refractivity contribution in [1.29, 1.82) is 0 Å². The summed E-state index contributed by atoms with van der Waals surface area (Å²) in [5.74, 6) is -0.875. The number of methoxy groups -OCH3 is 1. The van der Waals surface area contributed by atoms with Crippen molar-refractivity contribution in [3.05, 3.63) is 108 Å². The molecule has 6 rings (SSSR count). The third kappa shape index (κ3) is 6.62. The van der Waals surface area contributed by atoms with Crippen LogP contribution in [0, 0.1) is 11.2 Å². The minimum absolute atomic E-state index is 0.0359. The van der Waals surface area contributed by atoms with E-state index in [1.807, 2.05) is 18.2 Å². The number of para-hydroxylation sites is 1. The first-order valence-corrected chi connectivity index (χ1v) is 15.4. The highest BCUT2D eigenvalue weighted by molar-refractivity contribution is 8.00. The van der Waals surface area contributed by atoms with E-state index in [9.17, 15) is 9.59 Å². The monoisotopic (exact) mass is 612 g/mol. The van der Waals surface area contributed by atoms with Gasteiger partial charge in [-0.05, 0) is 48.2 Å². The van der Waals surface area contributed by atoms with Crippen molar-refractivity contribution < 1.29 is 23.5 Å². The maximum atomic E-state index is 15.2. The summed E-state index contributed by atoms with van der Waals surface area (Å²) >= 11 is 1.66. The van der Waals surface area contributed by atoms with E-state index in [2.05, 4.69) is 45.2 Å². The molecular formula is C34H33FN4O4S. The summed E-state index contributed by atoms with van der Waals surface area (Å²) in [6, 6.07) is 23.5. The van der Waals surface area contributed by atoms with Gasteiger partial charge in [0.1, 0.15) is 11.2 Å². The van der Waals surface area contributed by atoms with Crippen LogP contribution in [-0.4, -0.2) is 37.1 Å². The highest BCUT2D eigenvalue weighted by atomic mass is 32.2. The second-order valence-electron chi connectivity index (χ2n) is 10.9. The summed E-state index contributed by atoms with van der Waals surface area (Å²) in [4.78, 5) is 31.3. The van der Waals surface area contributed by atoms with Gasteiger partial charge < -0.3 is 25.4 Å². The number of amides is 2. The van der Waals surface area contributed by atoms with Gasteiger partial charge in [0, 0.05) is 61.6 Å². The Kier molecular flexibility index (Phi) is 8.92. The van der Waals surface area contributed by atoms with Crippen LogP contribution in [0.15, 0.2) is 90.0 Å². The van der Waals surface area contributed by atoms with Crippen LogP contribution in [0.4, 0.5) is 15.8 Å². The van der Waals surface area contributed by atoms with Crippen LogP contribution in [-0.2, 0) is 27.3 Å². The Morgan fingerprint density at radius 1 is 0.955 bits per heavy atom. The number of halogens is 1. The van der Waals surface area contributed by atoms with E-state index in [-0.39, 0.29) is 22.6 Å². The summed E-state index contributed by atoms with van der Waals surface area (Å²) in [7, 11) is 1.69. The van der Waals surface area contributed by atoms with Crippen molar-refractivity contribution in [2.45, 2.75) is 36.0 Å². The van der Waals surface area contributed by atoms with Crippen molar-refractivity contribution in [2.24, 2.45) is 5.41 Å². The van der Waals surface area contributed by atoms with Crippen LogP contribution in [0.25, 0.3) is 0 Å². The number of nitrogens with one attached hydrogen (secondary N) is 3. The Morgan fingerprint density at radius 3 is 2.41 bits per heavy atom. The molecule has 2 heterocycles. The van der Waals surface area contributed by atoms with Crippen molar-refractivity contribution in [2.75, 3.05) is 30.9 Å². The van der Waals surface area contributed by atoms with Crippen molar-refractivity contribution in [1.82, 2.24) is 10.3 Å². The smallest absolute Gasteiger partial charge is 0.240 e. The van der Waals surface area contributed by atoms with Gasteiger partial charge in [-0.15, -0.1) is 11.8 Å². The number of thioether (sulfide) groups is 1. The Bertz CT molecular complexity index is 1650. The maximum Gasteiger partial charge on any atom is 0.240 e. The summed E-state index contributed by atoms with van der Waals surface area (Å²) in [6.45, 7) is 2.25. The lowest BCUT2D eigenvalue weighted by Gasteiger charge is -2.16. The summed E-state index contributed by atoms with van der Waals surface area (Å²) in [5, 5.41) is 9.04. The van der Waals surface area contributed by atoms with Crippen LogP contribution < -0.4 is 20.7 Å². The van der Waals surface area contributed by atoms with Crippen LogP contribution in [0.1, 0.15) is 34.9 Å². The molecule has 1 unspecified atom stereocenters. The number of carbonyl (C=O) groups excluding carboxylic acids is 2. The Hall–Kier alpha value is -4.25. The van der Waals surface area contributed by atoms with Crippen molar-refractivity contribution in [3.8, 4) is 11.5 Å². The molecule has 1 aliphatic carbocycles. The van der Waals surface area contributed by atoms with Crippen molar-refractivity contribution >= 4 is 35.0 Å². The molecule has 3 N–H and O–H groups in total. The fourth-order valence-corrected chi connectivity index (χ4v) is 6.43. The molecule has 4 aromatic rings. The topological polar surface area (TPSA) is 102 Å². The molecule has 0 radical (unpaired) electrons. The van der Waals surface area contributed by atoms with Gasteiger partial charge >= 0.3 is 0 Å². The highest BCUT2D eigenvalue weighted by Gasteiger charge is 2.56. The predicted octanol–water partition coefficient (Wildman–Crippen LogP) is 6.50. The number of nitrogens with zero attached hydrogens (tertiary/aromatic N) is 1.